The zero-order chi connectivity index (χ0) is 37.2. The van der Waals surface area contributed by atoms with Gasteiger partial charge in [0.15, 0.2) is 0 Å². The van der Waals surface area contributed by atoms with Crippen LogP contribution >= 0.6 is 0 Å². The van der Waals surface area contributed by atoms with E-state index in [9.17, 15) is 0 Å². The molecule has 0 atom stereocenters. The van der Waals surface area contributed by atoms with Crippen molar-refractivity contribution in [2.45, 2.75) is 12.8 Å². The van der Waals surface area contributed by atoms with Gasteiger partial charge in [0.2, 0.25) is 0 Å². The predicted octanol–water partition coefficient (Wildman–Crippen LogP) is 15.9. The van der Waals surface area contributed by atoms with Gasteiger partial charge in [-0.15, -0.1) is 0 Å². The summed E-state index contributed by atoms with van der Waals surface area (Å²) in [5.74, 6) is 1.09. The van der Waals surface area contributed by atoms with Gasteiger partial charge in [-0.05, 0) is 146 Å². The van der Waals surface area contributed by atoms with E-state index in [0.717, 1.165) is 24.2 Å². The molecular formula is C56H34O. The van der Waals surface area contributed by atoms with Crippen molar-refractivity contribution in [1.82, 2.24) is 0 Å². The van der Waals surface area contributed by atoms with Crippen LogP contribution in [0.5, 0.6) is 0 Å². The molecule has 0 bridgehead atoms. The summed E-state index contributed by atoms with van der Waals surface area (Å²) in [4.78, 5) is 0. The van der Waals surface area contributed by atoms with Crippen molar-refractivity contribution in [3.05, 3.63) is 187 Å². The average Bonchev–Trinajstić information content (AvgIpc) is 3.65. The van der Waals surface area contributed by atoms with Crippen molar-refractivity contribution in [3.8, 4) is 44.5 Å². The zero-order valence-corrected chi connectivity index (χ0v) is 31.1. The Morgan fingerprint density at radius 2 is 0.842 bits per heavy atom. The minimum atomic E-state index is 0.953. The number of hydrogen-bond acceptors (Lipinski definition) is 1. The van der Waals surface area contributed by atoms with E-state index in [1.165, 1.54) is 120 Å². The number of benzene rings is 11. The molecule has 0 radical (unpaired) electrons. The first-order valence-electron chi connectivity index (χ1n) is 20.0. The van der Waals surface area contributed by atoms with Crippen LogP contribution in [0, 0.1) is 0 Å². The van der Waals surface area contributed by atoms with Gasteiger partial charge in [0, 0.05) is 17.4 Å². The summed E-state index contributed by atoms with van der Waals surface area (Å²) in [6.45, 7) is 0. The minimum Gasteiger partial charge on any atom is -0.460 e. The summed E-state index contributed by atoms with van der Waals surface area (Å²) < 4.78 is 6.33. The summed E-state index contributed by atoms with van der Waals surface area (Å²) in [6.07, 6.45) is 6.49. The molecule has 11 aromatic carbocycles. The van der Waals surface area contributed by atoms with Gasteiger partial charge in [0.1, 0.15) is 11.3 Å². The predicted molar refractivity (Wildman–Crippen MR) is 243 cm³/mol. The lowest BCUT2D eigenvalue weighted by atomic mass is 9.87. The van der Waals surface area contributed by atoms with E-state index in [2.05, 4.69) is 182 Å². The molecular weight excluding hydrogens is 689 g/mol. The fourth-order valence-electron chi connectivity index (χ4n) is 10.1. The highest BCUT2D eigenvalue weighted by Crippen LogP contribution is 2.44. The highest BCUT2D eigenvalue weighted by atomic mass is 16.3. The van der Waals surface area contributed by atoms with Crippen molar-refractivity contribution in [2.75, 3.05) is 0 Å². The Kier molecular flexibility index (Phi) is 6.34. The number of furan rings is 1. The Morgan fingerprint density at radius 1 is 0.351 bits per heavy atom. The third-order valence-electron chi connectivity index (χ3n) is 12.8. The lowest BCUT2D eigenvalue weighted by Gasteiger charge is -2.17. The molecule has 0 unspecified atom stereocenters. The second-order valence-corrected chi connectivity index (χ2v) is 15.9. The first-order chi connectivity index (χ1) is 28.2. The van der Waals surface area contributed by atoms with Gasteiger partial charge >= 0.3 is 0 Å². The standard InChI is InChI=1S/C56H34O/c1-2-10-51-47(9-1)50-32-41(23-28-52(50)57-51)43-29-42(30-44(31-43)46-25-20-40-18-16-36-6-4-8-38-22-27-49(46)56(40)54(36)38)33-11-13-34(14-12-33)45-24-19-39-17-15-35-5-3-7-37-21-26-48(45)55(39)53(35)37/h1,3-9,11-32H,2,10H2. The third kappa shape index (κ3) is 4.57. The number of fused-ring (bicyclic) bond motifs is 3. The molecule has 12 aromatic rings. The molecule has 0 saturated carbocycles. The van der Waals surface area contributed by atoms with E-state index in [-0.39, 0.29) is 0 Å². The summed E-state index contributed by atoms with van der Waals surface area (Å²) >= 11 is 0. The van der Waals surface area contributed by atoms with Crippen molar-refractivity contribution in [1.29, 1.82) is 0 Å². The lowest BCUT2D eigenvalue weighted by molar-refractivity contribution is 0.546. The van der Waals surface area contributed by atoms with Crippen molar-refractivity contribution >= 4 is 81.7 Å². The average molecular weight is 723 g/mol. The van der Waals surface area contributed by atoms with Crippen LogP contribution in [0.3, 0.4) is 0 Å². The topological polar surface area (TPSA) is 13.1 Å². The monoisotopic (exact) mass is 722 g/mol. The van der Waals surface area contributed by atoms with E-state index >= 15 is 0 Å². The van der Waals surface area contributed by atoms with Gasteiger partial charge in [-0.25, -0.2) is 0 Å². The molecule has 0 amide bonds. The molecule has 264 valence electrons. The molecule has 0 saturated heterocycles. The minimum absolute atomic E-state index is 0.953. The number of allylic oxidation sites excluding steroid dienone is 1. The first-order valence-corrected chi connectivity index (χ1v) is 20.0. The molecule has 57 heavy (non-hydrogen) atoms. The van der Waals surface area contributed by atoms with Crippen molar-refractivity contribution < 1.29 is 4.42 Å². The van der Waals surface area contributed by atoms with Crippen LogP contribution in [-0.4, -0.2) is 0 Å². The smallest absolute Gasteiger partial charge is 0.134 e. The van der Waals surface area contributed by atoms with Gasteiger partial charge < -0.3 is 4.42 Å². The van der Waals surface area contributed by atoms with Crippen LogP contribution in [-0.2, 0) is 6.42 Å². The Bertz CT molecular complexity index is 3580. The van der Waals surface area contributed by atoms with Gasteiger partial charge in [-0.3, -0.25) is 0 Å². The normalized spacial score (nSPS) is 13.1. The van der Waals surface area contributed by atoms with Gasteiger partial charge in [-0.2, -0.15) is 0 Å². The van der Waals surface area contributed by atoms with Crippen molar-refractivity contribution in [2.24, 2.45) is 0 Å². The van der Waals surface area contributed by atoms with E-state index in [1.54, 1.807) is 0 Å². The van der Waals surface area contributed by atoms with Crippen LogP contribution in [0.4, 0.5) is 0 Å². The maximum atomic E-state index is 6.33. The molecule has 13 rings (SSSR count). The van der Waals surface area contributed by atoms with Crippen LogP contribution in [0.1, 0.15) is 17.7 Å². The largest absolute Gasteiger partial charge is 0.460 e. The Balaban J connectivity index is 0.997. The van der Waals surface area contributed by atoms with Crippen LogP contribution in [0.2, 0.25) is 0 Å². The molecule has 0 fully saturated rings. The molecule has 1 heteroatoms. The second kappa shape index (κ2) is 11.6. The lowest BCUT2D eigenvalue weighted by Crippen LogP contribution is -1.90. The Hall–Kier alpha value is -7.22. The van der Waals surface area contributed by atoms with Gasteiger partial charge in [0.05, 0.1) is 0 Å². The summed E-state index contributed by atoms with van der Waals surface area (Å²) in [6, 6.07) is 63.8. The maximum absolute atomic E-state index is 6.33. The van der Waals surface area contributed by atoms with E-state index < -0.39 is 0 Å². The Labute approximate surface area is 329 Å². The van der Waals surface area contributed by atoms with Crippen LogP contribution < -0.4 is 0 Å². The van der Waals surface area contributed by atoms with E-state index in [0.29, 0.717) is 0 Å². The molecule has 1 aliphatic carbocycles. The third-order valence-corrected chi connectivity index (χ3v) is 12.8. The summed E-state index contributed by atoms with van der Waals surface area (Å²) in [7, 11) is 0. The highest BCUT2D eigenvalue weighted by molar-refractivity contribution is 6.26. The molecule has 0 spiro atoms. The zero-order valence-electron chi connectivity index (χ0n) is 31.1. The number of rotatable bonds is 4. The van der Waals surface area contributed by atoms with Crippen molar-refractivity contribution in [3.63, 3.8) is 0 Å². The van der Waals surface area contributed by atoms with Crippen LogP contribution in [0.15, 0.2) is 180 Å². The summed E-state index contributed by atoms with van der Waals surface area (Å²) in [5, 5.41) is 16.9. The molecule has 0 aliphatic heterocycles. The van der Waals surface area contributed by atoms with Crippen LogP contribution in [0.25, 0.3) is 126 Å². The first kappa shape index (κ1) is 31.0. The fourth-order valence-corrected chi connectivity index (χ4v) is 10.1. The Morgan fingerprint density at radius 3 is 1.47 bits per heavy atom. The SMILES string of the molecule is C1=Cc2c(oc3ccc(-c4cc(-c5ccc(-c6ccc7ccc8cccc9ccc6c7c89)cc5)cc(-c5ccc6ccc7cccc8ccc5c6c78)c4)cc23)CC1. The van der Waals surface area contributed by atoms with E-state index in [1.807, 2.05) is 0 Å². The maximum Gasteiger partial charge on any atom is 0.134 e. The molecule has 1 heterocycles. The van der Waals surface area contributed by atoms with E-state index in [4.69, 9.17) is 4.42 Å². The molecule has 1 aliphatic rings. The molecule has 0 N–H and O–H groups in total. The number of hydrogen-bond donors (Lipinski definition) is 0. The highest BCUT2D eigenvalue weighted by Gasteiger charge is 2.18. The van der Waals surface area contributed by atoms with Gasteiger partial charge in [0.25, 0.3) is 0 Å². The van der Waals surface area contributed by atoms with Gasteiger partial charge in [-0.1, -0.05) is 152 Å². The number of aryl methyl sites for hydroxylation is 1. The molecule has 1 nitrogen and oxygen atoms in total. The molecule has 1 aromatic heterocycles. The quantitative estimate of drug-likeness (QED) is 0.165. The summed E-state index contributed by atoms with van der Waals surface area (Å²) in [5.41, 5.74) is 11.9. The fraction of sp³-hybridized carbons (Fsp3) is 0.0357. The second-order valence-electron chi connectivity index (χ2n) is 15.9.